The van der Waals surface area contributed by atoms with Crippen LogP contribution in [-0.2, 0) is 0 Å². The zero-order chi connectivity index (χ0) is 24.6. The van der Waals surface area contributed by atoms with Gasteiger partial charge in [0.1, 0.15) is 12.1 Å². The minimum absolute atomic E-state index is 0.0720. The second-order valence-corrected chi connectivity index (χ2v) is 8.00. The lowest BCUT2D eigenvalue weighted by atomic mass is 10.1. The van der Waals surface area contributed by atoms with E-state index in [1.165, 1.54) is 42.5 Å². The van der Waals surface area contributed by atoms with Crippen LogP contribution in [0.25, 0.3) is 0 Å². The van der Waals surface area contributed by atoms with Gasteiger partial charge >= 0.3 is 0 Å². The fourth-order valence-electron chi connectivity index (χ4n) is 3.51. The molecule has 0 N–H and O–H groups in total. The van der Waals surface area contributed by atoms with Crippen LogP contribution >= 0.6 is 23.2 Å². The molecule has 1 aliphatic heterocycles. The molecule has 170 valence electrons. The minimum Gasteiger partial charge on any atom is -0.292 e. The van der Waals surface area contributed by atoms with E-state index in [-0.39, 0.29) is 26.7 Å². The van der Waals surface area contributed by atoms with Crippen molar-refractivity contribution in [2.45, 2.75) is 0 Å². The predicted octanol–water partition coefficient (Wildman–Crippen LogP) is 4.44. The molecule has 0 aliphatic carbocycles. The maximum Gasteiger partial charge on any atom is 0.287 e. The standard InChI is InChI=1S/C23H13Cl2N3O6/c24-14-9-10-15(17(25)11-14)21(30)26(12-19(29)13-5-2-1-3-6-13)27-22(31)16-7-4-8-18(28(33)34)20(16)23(27)32/h1-11H,12H2. The van der Waals surface area contributed by atoms with E-state index in [0.717, 1.165) is 6.07 Å². The van der Waals surface area contributed by atoms with E-state index in [1.54, 1.807) is 18.2 Å². The van der Waals surface area contributed by atoms with Gasteiger partial charge < -0.3 is 0 Å². The van der Waals surface area contributed by atoms with Crippen LogP contribution in [0.2, 0.25) is 10.0 Å². The first-order valence-corrected chi connectivity index (χ1v) is 10.5. The Kier molecular flexibility index (Phi) is 6.14. The average Bonchev–Trinajstić information content (AvgIpc) is 3.07. The van der Waals surface area contributed by atoms with Gasteiger partial charge in [-0.3, -0.25) is 29.3 Å². The van der Waals surface area contributed by atoms with Crippen LogP contribution in [0.5, 0.6) is 0 Å². The van der Waals surface area contributed by atoms with Crippen molar-refractivity contribution < 1.29 is 24.1 Å². The summed E-state index contributed by atoms with van der Waals surface area (Å²) in [6.45, 7) is -0.707. The smallest absolute Gasteiger partial charge is 0.287 e. The first-order valence-electron chi connectivity index (χ1n) is 9.72. The second-order valence-electron chi connectivity index (χ2n) is 7.16. The van der Waals surface area contributed by atoms with Gasteiger partial charge in [-0.15, -0.1) is 0 Å². The molecular weight excluding hydrogens is 485 g/mol. The summed E-state index contributed by atoms with van der Waals surface area (Å²) >= 11 is 12.1. The number of nitro groups is 1. The van der Waals surface area contributed by atoms with Crippen molar-refractivity contribution in [3.8, 4) is 0 Å². The number of nitrogens with zero attached hydrogens (tertiary/aromatic N) is 3. The van der Waals surface area contributed by atoms with Crippen LogP contribution in [0.1, 0.15) is 41.4 Å². The lowest BCUT2D eigenvalue weighted by Crippen LogP contribution is -2.51. The van der Waals surface area contributed by atoms with Gasteiger partial charge in [0.25, 0.3) is 23.4 Å². The molecule has 3 aromatic rings. The fraction of sp³-hybridized carbons (Fsp3) is 0.0435. The summed E-state index contributed by atoms with van der Waals surface area (Å²) in [6.07, 6.45) is 0. The normalized spacial score (nSPS) is 12.5. The number of carbonyl (C=O) groups is 4. The lowest BCUT2D eigenvalue weighted by Gasteiger charge is -2.29. The van der Waals surface area contributed by atoms with Crippen molar-refractivity contribution in [3.63, 3.8) is 0 Å². The monoisotopic (exact) mass is 497 g/mol. The molecule has 1 aliphatic rings. The SMILES string of the molecule is O=C(CN(C(=O)c1ccc(Cl)cc1Cl)N1C(=O)c2cccc([N+](=O)[O-])c2C1=O)c1ccccc1. The van der Waals surface area contributed by atoms with E-state index in [2.05, 4.69) is 0 Å². The van der Waals surface area contributed by atoms with Gasteiger partial charge in [-0.1, -0.05) is 59.6 Å². The molecule has 0 fully saturated rings. The molecule has 0 spiro atoms. The summed E-state index contributed by atoms with van der Waals surface area (Å²) in [5, 5.41) is 12.7. The number of ketones is 1. The van der Waals surface area contributed by atoms with Crippen molar-refractivity contribution in [1.82, 2.24) is 10.0 Å². The number of carbonyl (C=O) groups excluding carboxylic acids is 4. The number of fused-ring (bicyclic) bond motifs is 1. The fourth-order valence-corrected chi connectivity index (χ4v) is 4.00. The topological polar surface area (TPSA) is 118 Å². The highest BCUT2D eigenvalue weighted by molar-refractivity contribution is 6.37. The molecular formula is C23H13Cl2N3O6. The van der Waals surface area contributed by atoms with Crippen LogP contribution in [0, 0.1) is 10.1 Å². The number of hydrogen-bond donors (Lipinski definition) is 0. The van der Waals surface area contributed by atoms with Crippen LogP contribution in [0.4, 0.5) is 5.69 Å². The molecule has 34 heavy (non-hydrogen) atoms. The Labute approximate surface area is 202 Å². The Morgan fingerprint density at radius 2 is 1.65 bits per heavy atom. The molecule has 0 unspecified atom stereocenters. The zero-order valence-corrected chi connectivity index (χ0v) is 18.6. The number of halogens is 2. The Balaban J connectivity index is 1.81. The number of Topliss-reactive ketones (excluding diaryl/α,β-unsaturated/α-hetero) is 1. The van der Waals surface area contributed by atoms with Gasteiger partial charge in [0.15, 0.2) is 5.78 Å². The van der Waals surface area contributed by atoms with E-state index in [1.807, 2.05) is 0 Å². The van der Waals surface area contributed by atoms with E-state index in [4.69, 9.17) is 23.2 Å². The van der Waals surface area contributed by atoms with Crippen molar-refractivity contribution >= 4 is 52.4 Å². The number of rotatable bonds is 6. The maximum atomic E-state index is 13.5. The third-order valence-electron chi connectivity index (χ3n) is 5.09. The molecule has 1 heterocycles. The van der Waals surface area contributed by atoms with Crippen molar-refractivity contribution in [2.24, 2.45) is 0 Å². The number of amides is 3. The molecule has 3 aromatic carbocycles. The Morgan fingerprint density at radius 1 is 0.941 bits per heavy atom. The highest BCUT2D eigenvalue weighted by atomic mass is 35.5. The molecule has 0 saturated carbocycles. The Bertz CT molecular complexity index is 1380. The van der Waals surface area contributed by atoms with E-state index >= 15 is 0 Å². The Hall–Kier alpha value is -4.08. The largest absolute Gasteiger partial charge is 0.292 e. The number of benzene rings is 3. The van der Waals surface area contributed by atoms with Crippen LogP contribution in [0.3, 0.4) is 0 Å². The molecule has 0 atom stereocenters. The summed E-state index contributed by atoms with van der Waals surface area (Å²) < 4.78 is 0. The molecule has 4 rings (SSSR count). The van der Waals surface area contributed by atoms with Gasteiger partial charge in [0, 0.05) is 16.7 Å². The van der Waals surface area contributed by atoms with Crippen molar-refractivity contribution in [3.05, 3.63) is 109 Å². The van der Waals surface area contributed by atoms with Crippen LogP contribution < -0.4 is 0 Å². The van der Waals surface area contributed by atoms with E-state index in [9.17, 15) is 29.3 Å². The molecule has 0 saturated heterocycles. The van der Waals surface area contributed by atoms with Gasteiger partial charge in [0.2, 0.25) is 0 Å². The van der Waals surface area contributed by atoms with Crippen molar-refractivity contribution in [1.29, 1.82) is 0 Å². The minimum atomic E-state index is -1.11. The van der Waals surface area contributed by atoms with Gasteiger partial charge in [-0.2, -0.15) is 5.01 Å². The van der Waals surface area contributed by atoms with Crippen LogP contribution in [-0.4, -0.2) is 45.0 Å². The first kappa shape index (κ1) is 23.1. The van der Waals surface area contributed by atoms with E-state index in [0.29, 0.717) is 10.0 Å². The quantitative estimate of drug-likeness (QED) is 0.215. The average molecular weight is 498 g/mol. The van der Waals surface area contributed by atoms with Gasteiger partial charge in [-0.25, -0.2) is 5.01 Å². The molecule has 0 radical (unpaired) electrons. The number of nitro benzene ring substituents is 1. The summed E-state index contributed by atoms with van der Waals surface area (Å²) in [5.74, 6) is -3.61. The lowest BCUT2D eigenvalue weighted by molar-refractivity contribution is -0.385. The predicted molar refractivity (Wildman–Crippen MR) is 122 cm³/mol. The number of hydrogen-bond acceptors (Lipinski definition) is 6. The van der Waals surface area contributed by atoms with E-state index < -0.39 is 46.2 Å². The second kappa shape index (κ2) is 9.05. The molecule has 11 heteroatoms. The third kappa shape index (κ3) is 4.02. The summed E-state index contributed by atoms with van der Waals surface area (Å²) in [6, 6.07) is 15.5. The zero-order valence-electron chi connectivity index (χ0n) is 17.1. The Morgan fingerprint density at radius 3 is 2.29 bits per heavy atom. The van der Waals surface area contributed by atoms with Crippen molar-refractivity contribution in [2.75, 3.05) is 6.54 Å². The molecule has 0 aromatic heterocycles. The molecule has 0 bridgehead atoms. The first-order chi connectivity index (χ1) is 16.2. The molecule has 9 nitrogen and oxygen atoms in total. The summed E-state index contributed by atoms with van der Waals surface area (Å²) in [7, 11) is 0. The third-order valence-corrected chi connectivity index (χ3v) is 5.64. The van der Waals surface area contributed by atoms with Gasteiger partial charge in [-0.05, 0) is 24.3 Å². The highest BCUT2D eigenvalue weighted by Crippen LogP contribution is 2.33. The number of hydrazine groups is 1. The number of imide groups is 1. The molecule has 3 amide bonds. The van der Waals surface area contributed by atoms with Gasteiger partial charge in [0.05, 0.1) is 21.1 Å². The van der Waals surface area contributed by atoms with Crippen LogP contribution in [0.15, 0.2) is 66.7 Å². The highest BCUT2D eigenvalue weighted by Gasteiger charge is 2.46. The summed E-state index contributed by atoms with van der Waals surface area (Å²) in [5.41, 5.74) is -1.22. The maximum absolute atomic E-state index is 13.5. The summed E-state index contributed by atoms with van der Waals surface area (Å²) in [4.78, 5) is 63.4.